The second kappa shape index (κ2) is 12.8. The van der Waals surface area contributed by atoms with Gasteiger partial charge in [-0.1, -0.05) is 56.7 Å². The van der Waals surface area contributed by atoms with Crippen LogP contribution in [0.15, 0.2) is 35.9 Å². The minimum atomic E-state index is -4.86. The van der Waals surface area contributed by atoms with E-state index in [1.165, 1.54) is 31.7 Å². The van der Waals surface area contributed by atoms with Crippen LogP contribution in [0.4, 0.5) is 30.7 Å². The molecule has 0 heterocycles. The van der Waals surface area contributed by atoms with E-state index in [-0.39, 0.29) is 22.6 Å². The van der Waals surface area contributed by atoms with Crippen molar-refractivity contribution in [3.05, 3.63) is 58.7 Å². The molecule has 2 aliphatic rings. The van der Waals surface area contributed by atoms with E-state index in [1.54, 1.807) is 18.1 Å². The van der Waals surface area contributed by atoms with Crippen molar-refractivity contribution in [2.45, 2.75) is 96.1 Å². The summed E-state index contributed by atoms with van der Waals surface area (Å²) in [5.41, 5.74) is -0.0949. The maximum absolute atomic E-state index is 15.2. The lowest BCUT2D eigenvalue weighted by atomic mass is 9.75. The van der Waals surface area contributed by atoms with Gasteiger partial charge in [0.25, 0.3) is 0 Å². The van der Waals surface area contributed by atoms with Gasteiger partial charge >= 0.3 is 6.18 Å². The number of rotatable bonds is 7. The van der Waals surface area contributed by atoms with Gasteiger partial charge in [0, 0.05) is 23.1 Å². The maximum Gasteiger partial charge on any atom is 0.458 e. The van der Waals surface area contributed by atoms with Crippen LogP contribution < -0.4 is 0 Å². The Hall–Kier alpha value is -2.49. The van der Waals surface area contributed by atoms with E-state index in [2.05, 4.69) is 6.92 Å². The summed E-state index contributed by atoms with van der Waals surface area (Å²) in [6.07, 6.45) is 5.47. The molecule has 0 unspecified atom stereocenters. The molecule has 0 radical (unpaired) electrons. The average molecular weight is 553 g/mol. The fourth-order valence-electron chi connectivity index (χ4n) is 6.31. The van der Waals surface area contributed by atoms with Gasteiger partial charge in [-0.15, -0.1) is 0 Å². The highest BCUT2D eigenvalue weighted by Gasteiger charge is 2.32. The highest BCUT2D eigenvalue weighted by molar-refractivity contribution is 5.85. The summed E-state index contributed by atoms with van der Waals surface area (Å²) < 4.78 is 96.6. The van der Waals surface area contributed by atoms with E-state index < -0.39 is 40.9 Å². The maximum atomic E-state index is 15.2. The molecule has 2 aliphatic carbocycles. The van der Waals surface area contributed by atoms with Gasteiger partial charge < -0.3 is 0 Å². The van der Waals surface area contributed by atoms with Crippen molar-refractivity contribution in [1.82, 2.24) is 0 Å². The molecule has 0 saturated heterocycles. The molecule has 212 valence electrons. The highest BCUT2D eigenvalue weighted by Crippen LogP contribution is 2.44. The van der Waals surface area contributed by atoms with Crippen molar-refractivity contribution < 1.29 is 30.7 Å². The molecule has 0 nitrogen and oxygen atoms in total. The summed E-state index contributed by atoms with van der Waals surface area (Å²) in [5, 5.41) is 0.209. The largest absolute Gasteiger partial charge is 0.458 e. The molecule has 0 atom stereocenters. The smallest absolute Gasteiger partial charge is 0.209 e. The van der Waals surface area contributed by atoms with E-state index in [0.717, 1.165) is 30.4 Å². The van der Waals surface area contributed by atoms with E-state index in [1.807, 2.05) is 0 Å². The second-order valence-electron chi connectivity index (χ2n) is 11.2. The van der Waals surface area contributed by atoms with Crippen molar-refractivity contribution in [1.29, 1.82) is 0 Å². The van der Waals surface area contributed by atoms with Gasteiger partial charge in [-0.3, -0.25) is 0 Å². The number of fused-ring (bicyclic) bond motifs is 1. The number of hydrogen-bond acceptors (Lipinski definition) is 0. The third-order valence-electron chi connectivity index (χ3n) is 8.59. The van der Waals surface area contributed by atoms with Crippen LogP contribution in [0, 0.1) is 41.2 Å². The molecule has 2 aromatic rings. The van der Waals surface area contributed by atoms with Crippen LogP contribution >= 0.6 is 0 Å². The molecule has 0 amide bonds. The zero-order chi connectivity index (χ0) is 28.2. The van der Waals surface area contributed by atoms with E-state index in [4.69, 9.17) is 0 Å². The number of unbranched alkanes of at least 4 members (excludes halogenated alkanes) is 2. The summed E-state index contributed by atoms with van der Waals surface area (Å²) in [7, 11) is 0. The molecule has 0 aliphatic heterocycles. The predicted molar refractivity (Wildman–Crippen MR) is 140 cm³/mol. The Labute approximate surface area is 226 Å². The summed E-state index contributed by atoms with van der Waals surface area (Å²) >= 11 is 0. The monoisotopic (exact) mass is 552 g/mol. The van der Waals surface area contributed by atoms with Crippen LogP contribution in [0.5, 0.6) is 0 Å². The zero-order valence-electron chi connectivity index (χ0n) is 22.2. The Morgan fingerprint density at radius 3 is 2.05 bits per heavy atom. The average Bonchev–Trinajstić information content (AvgIpc) is 2.92. The molecule has 0 N–H and O–H groups in total. The molecule has 39 heavy (non-hydrogen) atoms. The predicted octanol–water partition coefficient (Wildman–Crippen LogP) is 10.8. The van der Waals surface area contributed by atoms with Crippen LogP contribution in [0.1, 0.15) is 101 Å². The minimum absolute atomic E-state index is 0.0172. The quantitative estimate of drug-likeness (QED) is 0.182. The first-order chi connectivity index (χ1) is 18.6. The van der Waals surface area contributed by atoms with Gasteiger partial charge in [-0.05, 0) is 80.2 Å². The third kappa shape index (κ3) is 7.38. The first kappa shape index (κ1) is 29.5. The Morgan fingerprint density at radius 1 is 0.846 bits per heavy atom. The third-order valence-corrected chi connectivity index (χ3v) is 8.59. The number of hydrogen-bond donors (Lipinski definition) is 0. The van der Waals surface area contributed by atoms with Crippen molar-refractivity contribution in [2.75, 3.05) is 0 Å². The van der Waals surface area contributed by atoms with Crippen LogP contribution in [-0.4, -0.2) is 6.18 Å². The number of benzene rings is 2. The van der Waals surface area contributed by atoms with Crippen molar-refractivity contribution in [3.63, 3.8) is 0 Å². The Bertz CT molecular complexity index is 1230. The minimum Gasteiger partial charge on any atom is -0.209 e. The molecule has 4 rings (SSSR count). The summed E-state index contributed by atoms with van der Waals surface area (Å²) in [5.74, 6) is -1.10. The second-order valence-corrected chi connectivity index (χ2v) is 11.2. The molecular weight excluding hydrogens is 517 g/mol. The lowest BCUT2D eigenvalue weighted by molar-refractivity contribution is -0.0696. The molecule has 2 saturated carbocycles. The van der Waals surface area contributed by atoms with E-state index in [9.17, 15) is 22.0 Å². The van der Waals surface area contributed by atoms with E-state index >= 15 is 8.78 Å². The Kier molecular flexibility index (Phi) is 9.67. The van der Waals surface area contributed by atoms with Crippen LogP contribution in [0.2, 0.25) is 0 Å². The topological polar surface area (TPSA) is 0 Å². The first-order valence-electron chi connectivity index (χ1n) is 14.1. The molecule has 2 fully saturated rings. The molecule has 7 heteroatoms. The molecule has 0 bridgehead atoms. The standard InChI is InChI=1S/C32H35F7/c1-2-3-4-5-20-6-8-22(9-7-20)29(34)30(35)23-12-10-21(11-13-23)24-14-15-26-25(18-24)19-28(33)27(31(26)36)16-17-32(37,38)39/h14-15,18-23H,2-13H2,1H3/b30-29+. The van der Waals surface area contributed by atoms with Crippen molar-refractivity contribution in [3.8, 4) is 11.8 Å². The van der Waals surface area contributed by atoms with Gasteiger partial charge in [0.2, 0.25) is 0 Å². The highest BCUT2D eigenvalue weighted by atomic mass is 19.4. The SMILES string of the molecule is CCCCCC1CCC(/C(F)=C(\F)C2CCC(c3ccc4c(F)c(C#CC(F)(F)F)c(F)cc4c3)CC2)CC1. The summed E-state index contributed by atoms with van der Waals surface area (Å²) in [6.45, 7) is 2.18. The fourth-order valence-corrected chi connectivity index (χ4v) is 6.31. The van der Waals surface area contributed by atoms with Crippen LogP contribution in [0.3, 0.4) is 0 Å². The molecule has 2 aromatic carbocycles. The Balaban J connectivity index is 1.39. The van der Waals surface area contributed by atoms with Gasteiger partial charge in [0.05, 0.1) is 5.56 Å². The Morgan fingerprint density at radius 2 is 1.46 bits per heavy atom. The number of alkyl halides is 3. The van der Waals surface area contributed by atoms with E-state index in [0.29, 0.717) is 44.4 Å². The van der Waals surface area contributed by atoms with Gasteiger partial charge in [0.1, 0.15) is 23.3 Å². The van der Waals surface area contributed by atoms with Gasteiger partial charge in [0.15, 0.2) is 0 Å². The summed E-state index contributed by atoms with van der Waals surface area (Å²) in [4.78, 5) is 0. The number of halogens is 7. The molecule has 0 aromatic heterocycles. The van der Waals surface area contributed by atoms with Crippen molar-refractivity contribution in [2.24, 2.45) is 17.8 Å². The lowest BCUT2D eigenvalue weighted by Crippen LogP contribution is -2.19. The normalized spacial score (nSPS) is 24.7. The molecule has 0 spiro atoms. The van der Waals surface area contributed by atoms with Gasteiger partial charge in [-0.2, -0.15) is 13.2 Å². The number of allylic oxidation sites excluding steroid dienone is 2. The fraction of sp³-hybridized carbons (Fsp3) is 0.562. The van der Waals surface area contributed by atoms with Crippen LogP contribution in [-0.2, 0) is 0 Å². The molecular formula is C32H35F7. The summed E-state index contributed by atoms with van der Waals surface area (Å²) in [6, 6.07) is 5.70. The lowest BCUT2D eigenvalue weighted by Gasteiger charge is -2.31. The van der Waals surface area contributed by atoms with Crippen molar-refractivity contribution >= 4 is 10.8 Å². The van der Waals surface area contributed by atoms with Crippen LogP contribution in [0.25, 0.3) is 10.8 Å². The zero-order valence-corrected chi connectivity index (χ0v) is 22.2. The first-order valence-corrected chi connectivity index (χ1v) is 14.1. The van der Waals surface area contributed by atoms with Gasteiger partial charge in [-0.25, -0.2) is 17.6 Å².